The van der Waals surface area contributed by atoms with Crippen molar-refractivity contribution in [2.45, 2.75) is 6.85 Å². The Bertz CT molecular complexity index is 434. The van der Waals surface area contributed by atoms with Crippen molar-refractivity contribution >= 4 is 21.6 Å². The number of rotatable bonds is 3. The molecule has 0 saturated carbocycles. The molecule has 0 aliphatic heterocycles. The fraction of sp³-hybridized carbons (Fsp3) is 0.125. The SMILES string of the molecule is [2H]ON=C(c1cc(Br)ccc1O[2H])C([2H])([2H])[2H]. The Morgan fingerprint density at radius 1 is 1.75 bits per heavy atom. The molecular weight excluding hydrogens is 222 g/mol. The smallest absolute Gasteiger partial charge is 0.330 e. The predicted octanol–water partition coefficient (Wildman–Crippen LogP) is 2.35. The minimum Gasteiger partial charge on any atom is -0.507 e. The molecular formula is C8H8BrNO2. The van der Waals surface area contributed by atoms with E-state index < -0.39 is 12.6 Å². The lowest BCUT2D eigenvalue weighted by atomic mass is 10.1. The summed E-state index contributed by atoms with van der Waals surface area (Å²) in [6.07, 6.45) is 0. The van der Waals surface area contributed by atoms with Gasteiger partial charge in [0.15, 0.2) is 0 Å². The molecule has 0 bridgehead atoms. The Labute approximate surface area is 85.7 Å². The number of oxime groups is 1. The van der Waals surface area contributed by atoms with E-state index >= 15 is 0 Å². The molecule has 4 heteroatoms. The number of hydrogen-bond donors (Lipinski definition) is 2. The summed E-state index contributed by atoms with van der Waals surface area (Å²) >= 11 is 3.17. The van der Waals surface area contributed by atoms with E-state index in [9.17, 15) is 0 Å². The van der Waals surface area contributed by atoms with Gasteiger partial charge in [0.25, 0.3) is 1.43 Å². The minimum absolute atomic E-state index is 0.0140. The number of hydrogen-bond acceptors (Lipinski definition) is 3. The van der Waals surface area contributed by atoms with Gasteiger partial charge in [-0.05, 0) is 25.1 Å². The van der Waals surface area contributed by atoms with Crippen molar-refractivity contribution in [3.63, 3.8) is 0 Å². The first kappa shape index (κ1) is 4.28. The zero-order valence-corrected chi connectivity index (χ0v) is 7.46. The van der Waals surface area contributed by atoms with Crippen LogP contribution in [0.25, 0.3) is 0 Å². The fourth-order valence-electron chi connectivity index (χ4n) is 0.736. The van der Waals surface area contributed by atoms with Crippen molar-refractivity contribution in [1.82, 2.24) is 0 Å². The van der Waals surface area contributed by atoms with Crippen molar-refractivity contribution in [1.29, 1.82) is 1.43 Å². The van der Waals surface area contributed by atoms with Gasteiger partial charge in [-0.1, -0.05) is 21.1 Å². The van der Waals surface area contributed by atoms with Crippen LogP contribution in [-0.2, 0) is 0 Å². The van der Waals surface area contributed by atoms with Crippen molar-refractivity contribution in [3.8, 4) is 5.75 Å². The van der Waals surface area contributed by atoms with Gasteiger partial charge in [-0.2, -0.15) is 0 Å². The van der Waals surface area contributed by atoms with Gasteiger partial charge >= 0.3 is 1.43 Å². The van der Waals surface area contributed by atoms with Crippen molar-refractivity contribution in [2.75, 3.05) is 0 Å². The number of benzene rings is 1. The predicted molar refractivity (Wildman–Crippen MR) is 49.8 cm³/mol. The average molecular weight is 235 g/mol. The Balaban J connectivity index is 3.37. The highest BCUT2D eigenvalue weighted by molar-refractivity contribution is 9.10. The van der Waals surface area contributed by atoms with Crippen LogP contribution >= 0.6 is 15.9 Å². The van der Waals surface area contributed by atoms with E-state index in [1.165, 1.54) is 12.1 Å². The maximum Gasteiger partial charge on any atom is 0.330 e. The van der Waals surface area contributed by atoms with Gasteiger partial charge in [0, 0.05) is 14.1 Å². The van der Waals surface area contributed by atoms with E-state index in [2.05, 4.69) is 31.4 Å². The molecule has 0 aliphatic carbocycles. The largest absolute Gasteiger partial charge is 0.507 e. The van der Waals surface area contributed by atoms with Gasteiger partial charge in [0.2, 0.25) is 0 Å². The van der Waals surface area contributed by atoms with Crippen molar-refractivity contribution < 1.29 is 15.9 Å². The van der Waals surface area contributed by atoms with Crippen LogP contribution in [0, 0.1) is 0 Å². The van der Waals surface area contributed by atoms with Gasteiger partial charge in [-0.3, -0.25) is 0 Å². The highest BCUT2D eigenvalue weighted by Gasteiger charge is 2.04. The zero-order chi connectivity index (χ0) is 13.1. The standard InChI is InChI=1S/C8H8BrNO2/c1-5(10-12)7-4-6(9)2-3-8(7)11/h2-4,11-12H,1H3/i1D3/hD2. The van der Waals surface area contributed by atoms with Gasteiger partial charge in [-0.15, -0.1) is 0 Å². The Morgan fingerprint density at radius 3 is 3.33 bits per heavy atom. The maximum atomic E-state index is 7.28. The molecule has 0 fully saturated rings. The van der Waals surface area contributed by atoms with Crippen LogP contribution < -0.4 is 0 Å². The van der Waals surface area contributed by atoms with Crippen molar-refractivity contribution in [3.05, 3.63) is 28.2 Å². The number of halogens is 1. The Morgan fingerprint density at radius 2 is 2.67 bits per heavy atom. The highest BCUT2D eigenvalue weighted by Crippen LogP contribution is 2.22. The monoisotopic (exact) mass is 234 g/mol. The molecule has 1 aromatic rings. The zero-order valence-electron chi connectivity index (χ0n) is 10.9. The normalized spacial score (nSPS) is 18.1. The number of phenols is 1. The topological polar surface area (TPSA) is 52.8 Å². The minimum atomic E-state index is -2.57. The van der Waals surface area contributed by atoms with Crippen LogP contribution in [0.4, 0.5) is 0 Å². The van der Waals surface area contributed by atoms with Crippen molar-refractivity contribution in [2.24, 2.45) is 5.16 Å². The summed E-state index contributed by atoms with van der Waals surface area (Å²) in [5, 5.41) is 11.2. The Kier molecular flexibility index (Phi) is 1.28. The molecule has 0 saturated heterocycles. The first-order valence-electron chi connectivity index (χ1n) is 5.35. The molecule has 12 heavy (non-hydrogen) atoms. The first-order valence-corrected chi connectivity index (χ1v) is 3.83. The maximum absolute atomic E-state index is 7.28. The molecule has 0 spiro atoms. The van der Waals surface area contributed by atoms with E-state index in [1.807, 2.05) is 0 Å². The van der Waals surface area contributed by atoms with E-state index in [0.717, 1.165) is 0 Å². The average Bonchev–Trinajstić information content (AvgIpc) is 2.24. The summed E-state index contributed by atoms with van der Waals surface area (Å²) in [5.41, 5.74) is -0.377. The third-order valence-electron chi connectivity index (χ3n) is 1.29. The molecule has 3 nitrogen and oxygen atoms in total. The van der Waals surface area contributed by atoms with E-state index in [1.54, 1.807) is 6.07 Å². The molecule has 0 atom stereocenters. The fourth-order valence-corrected chi connectivity index (χ4v) is 1.10. The first-order chi connectivity index (χ1) is 7.90. The number of phenolic OH excluding ortho intramolecular Hbond substituents is 1. The van der Waals surface area contributed by atoms with Crippen LogP contribution in [0.15, 0.2) is 27.8 Å². The van der Waals surface area contributed by atoms with Gasteiger partial charge < -0.3 is 10.3 Å². The van der Waals surface area contributed by atoms with E-state index in [-0.39, 0.29) is 11.3 Å². The second-order valence-corrected chi connectivity index (χ2v) is 3.00. The summed E-state index contributed by atoms with van der Waals surface area (Å²) in [5.74, 6) is 0.0140. The summed E-state index contributed by atoms with van der Waals surface area (Å²) in [7, 11) is 0. The van der Waals surface area contributed by atoms with Crippen LogP contribution in [0.5, 0.6) is 5.75 Å². The lowest BCUT2D eigenvalue weighted by Crippen LogP contribution is -1.94. The lowest BCUT2D eigenvalue weighted by Gasteiger charge is -2.02. The molecule has 0 aliphatic rings. The number of nitrogens with zero attached hydrogens (tertiary/aromatic N) is 1. The molecule has 1 aromatic carbocycles. The third-order valence-corrected chi connectivity index (χ3v) is 1.78. The molecule has 0 heterocycles. The molecule has 2 N–H and O–H groups in total. The lowest BCUT2D eigenvalue weighted by molar-refractivity contribution is 0.318. The third kappa shape index (κ3) is 1.76. The van der Waals surface area contributed by atoms with Crippen LogP contribution in [0.3, 0.4) is 0 Å². The quantitative estimate of drug-likeness (QED) is 0.480. The molecule has 0 unspecified atom stereocenters. The van der Waals surface area contributed by atoms with Crippen LogP contribution in [-0.4, -0.2) is 17.5 Å². The second kappa shape index (κ2) is 3.58. The summed E-state index contributed by atoms with van der Waals surface area (Å²) in [6.45, 7) is -2.57. The molecule has 1 rings (SSSR count). The molecule has 0 radical (unpaired) electrons. The molecule has 0 amide bonds. The Hall–Kier alpha value is -1.03. The van der Waals surface area contributed by atoms with E-state index in [0.29, 0.717) is 4.47 Å². The van der Waals surface area contributed by atoms with Crippen LogP contribution in [0.1, 0.15) is 16.5 Å². The molecule has 0 aromatic heterocycles. The summed E-state index contributed by atoms with van der Waals surface area (Å²) in [6, 6.07) is 4.43. The van der Waals surface area contributed by atoms with Crippen LogP contribution in [0.2, 0.25) is 1.43 Å². The second-order valence-electron chi connectivity index (χ2n) is 2.08. The van der Waals surface area contributed by atoms with E-state index in [4.69, 9.17) is 6.97 Å². The summed E-state index contributed by atoms with van der Waals surface area (Å²) in [4.78, 5) is 0. The number of aromatic hydroxyl groups is 1. The van der Waals surface area contributed by atoms with Gasteiger partial charge in [0.05, 0.1) is 5.71 Å². The summed E-state index contributed by atoms with van der Waals surface area (Å²) < 4.78 is 35.8. The highest BCUT2D eigenvalue weighted by atomic mass is 79.9. The molecule has 64 valence electrons. The van der Waals surface area contributed by atoms with Gasteiger partial charge in [-0.25, -0.2) is 0 Å². The van der Waals surface area contributed by atoms with Gasteiger partial charge in [0.1, 0.15) is 5.75 Å².